The van der Waals surface area contributed by atoms with Crippen LogP contribution < -0.4 is 5.32 Å². The molecule has 0 unspecified atom stereocenters. The largest absolute Gasteiger partial charge is 0.416 e. The quantitative estimate of drug-likeness (QED) is 0.138. The standard InChI is InChI=1S/C38H40F6N4OS/c1-2-50-29-14-15-32-30(23-29)33(36(49)46-35(38(42,43)44)25-10-5-3-6-11-25)31(34(45-32)26-12-9-13-27(22-26)37(39,40)41)24-47-20-16-28(17-21-47)48-18-7-4-8-19-48/h3,5-6,9-15,22-23,28,35H,2,4,7-8,16-21,24H2,1H3,(H,46,49)/t35-/m1/s1. The Hall–Kier alpha value is -3.61. The van der Waals surface area contributed by atoms with E-state index < -0.39 is 29.9 Å². The number of fused-ring (bicyclic) bond motifs is 1. The molecule has 0 radical (unpaired) electrons. The zero-order chi connectivity index (χ0) is 35.5. The first-order chi connectivity index (χ1) is 23.9. The SMILES string of the molecule is CCSc1ccc2nc(-c3cccc(C(F)(F)F)c3)c(CN3CCC(N4CCCCC4)CC3)c(C(=O)N[C@H](c3ccccc3)C(F)(F)F)c2c1. The number of carbonyl (C=O) groups is 1. The van der Waals surface area contributed by atoms with E-state index in [2.05, 4.69) is 15.1 Å². The van der Waals surface area contributed by atoms with Crippen LogP contribution in [0.2, 0.25) is 0 Å². The molecule has 2 aliphatic heterocycles. The molecule has 1 N–H and O–H groups in total. The molecule has 12 heteroatoms. The maximum absolute atomic E-state index is 14.6. The van der Waals surface area contributed by atoms with Gasteiger partial charge >= 0.3 is 12.4 Å². The Labute approximate surface area is 292 Å². The summed E-state index contributed by atoms with van der Waals surface area (Å²) in [6, 6.07) is 15.2. The van der Waals surface area contributed by atoms with Crippen LogP contribution in [0, 0.1) is 0 Å². The van der Waals surface area contributed by atoms with Gasteiger partial charge in [-0.15, -0.1) is 11.8 Å². The molecule has 0 bridgehead atoms. The van der Waals surface area contributed by atoms with Crippen LogP contribution >= 0.6 is 11.8 Å². The van der Waals surface area contributed by atoms with Gasteiger partial charge < -0.3 is 10.2 Å². The number of alkyl halides is 6. The summed E-state index contributed by atoms with van der Waals surface area (Å²) in [5.74, 6) is -0.250. The minimum atomic E-state index is -4.82. The fraction of sp³-hybridized carbons (Fsp3) is 0.421. The van der Waals surface area contributed by atoms with Crippen LogP contribution in [0.3, 0.4) is 0 Å². The second kappa shape index (κ2) is 15.3. The fourth-order valence-corrected chi connectivity index (χ4v) is 7.88. The number of rotatable bonds is 9. The van der Waals surface area contributed by atoms with E-state index in [1.54, 1.807) is 24.3 Å². The van der Waals surface area contributed by atoms with Gasteiger partial charge in [0.05, 0.1) is 22.3 Å². The van der Waals surface area contributed by atoms with Gasteiger partial charge in [0, 0.05) is 34.0 Å². The minimum Gasteiger partial charge on any atom is -0.337 e. The maximum atomic E-state index is 14.6. The molecule has 0 aliphatic carbocycles. The smallest absolute Gasteiger partial charge is 0.337 e. The highest BCUT2D eigenvalue weighted by molar-refractivity contribution is 7.99. The van der Waals surface area contributed by atoms with Crippen LogP contribution in [0.4, 0.5) is 26.3 Å². The molecule has 2 saturated heterocycles. The molecule has 0 saturated carbocycles. The van der Waals surface area contributed by atoms with E-state index in [9.17, 15) is 31.1 Å². The topological polar surface area (TPSA) is 48.5 Å². The Bertz CT molecular complexity index is 1780. The third kappa shape index (κ3) is 8.29. The molecule has 1 atom stereocenters. The van der Waals surface area contributed by atoms with Crippen molar-refractivity contribution >= 4 is 28.6 Å². The van der Waals surface area contributed by atoms with E-state index >= 15 is 0 Å². The Morgan fingerprint density at radius 1 is 0.900 bits per heavy atom. The molecular weight excluding hydrogens is 675 g/mol. The van der Waals surface area contributed by atoms with E-state index in [1.807, 2.05) is 6.92 Å². The van der Waals surface area contributed by atoms with Gasteiger partial charge in [0.25, 0.3) is 5.91 Å². The lowest BCUT2D eigenvalue weighted by Gasteiger charge is -2.40. The van der Waals surface area contributed by atoms with E-state index in [1.165, 1.54) is 67.4 Å². The normalized spacial score (nSPS) is 17.6. The minimum absolute atomic E-state index is 0.00991. The second-order valence-corrected chi connectivity index (χ2v) is 14.3. The summed E-state index contributed by atoms with van der Waals surface area (Å²) < 4.78 is 85.5. The molecule has 2 aliphatic rings. The second-order valence-electron chi connectivity index (χ2n) is 13.0. The van der Waals surface area contributed by atoms with Crippen LogP contribution in [0.5, 0.6) is 0 Å². The van der Waals surface area contributed by atoms with Crippen LogP contribution in [0.1, 0.15) is 72.1 Å². The number of benzene rings is 3. The number of hydrogen-bond acceptors (Lipinski definition) is 5. The van der Waals surface area contributed by atoms with Crippen molar-refractivity contribution < 1.29 is 31.1 Å². The Morgan fingerprint density at radius 3 is 2.28 bits per heavy atom. The highest BCUT2D eigenvalue weighted by Crippen LogP contribution is 2.39. The highest BCUT2D eigenvalue weighted by Gasteiger charge is 2.42. The first-order valence-electron chi connectivity index (χ1n) is 17.1. The summed E-state index contributed by atoms with van der Waals surface area (Å²) in [7, 11) is 0. The van der Waals surface area contributed by atoms with Gasteiger partial charge in [-0.2, -0.15) is 26.3 Å². The van der Waals surface area contributed by atoms with Gasteiger partial charge in [-0.25, -0.2) is 4.98 Å². The number of aromatic nitrogens is 1. The summed E-state index contributed by atoms with van der Waals surface area (Å²) in [5, 5.41) is 2.62. The van der Waals surface area contributed by atoms with Gasteiger partial charge in [-0.3, -0.25) is 9.69 Å². The number of halogens is 6. The zero-order valence-electron chi connectivity index (χ0n) is 27.8. The first-order valence-corrected chi connectivity index (χ1v) is 18.1. The summed E-state index contributed by atoms with van der Waals surface area (Å²) in [4.78, 5) is 24.7. The van der Waals surface area contributed by atoms with Crippen molar-refractivity contribution in [3.05, 3.63) is 95.1 Å². The third-order valence-corrected chi connectivity index (χ3v) is 10.5. The van der Waals surface area contributed by atoms with E-state index in [4.69, 9.17) is 4.98 Å². The number of nitrogens with one attached hydrogen (secondary N) is 1. The predicted molar refractivity (Wildman–Crippen MR) is 185 cm³/mol. The molecule has 4 aromatic rings. The first kappa shape index (κ1) is 36.2. The van der Waals surface area contributed by atoms with Crippen LogP contribution in [-0.2, 0) is 12.7 Å². The number of pyridine rings is 1. The molecule has 3 aromatic carbocycles. The van der Waals surface area contributed by atoms with Crippen LogP contribution in [0.25, 0.3) is 22.2 Å². The lowest BCUT2D eigenvalue weighted by atomic mass is 9.93. The molecule has 6 rings (SSSR count). The Balaban J connectivity index is 1.49. The van der Waals surface area contributed by atoms with Gasteiger partial charge in [-0.05, 0) is 93.5 Å². The number of nitrogens with zero attached hydrogens (tertiary/aromatic N) is 3. The van der Waals surface area contributed by atoms with Crippen molar-refractivity contribution in [2.75, 3.05) is 31.9 Å². The fourth-order valence-electron chi connectivity index (χ4n) is 7.19. The van der Waals surface area contributed by atoms with E-state index in [-0.39, 0.29) is 28.9 Å². The molecular formula is C38H40F6N4OS. The predicted octanol–water partition coefficient (Wildman–Crippen LogP) is 9.52. The molecule has 266 valence electrons. The van der Waals surface area contributed by atoms with Crippen molar-refractivity contribution in [2.24, 2.45) is 0 Å². The number of carbonyl (C=O) groups excluding carboxylic acids is 1. The van der Waals surface area contributed by atoms with E-state index in [0.717, 1.165) is 43.0 Å². The molecule has 50 heavy (non-hydrogen) atoms. The van der Waals surface area contributed by atoms with Crippen molar-refractivity contribution in [3.8, 4) is 11.3 Å². The Kier molecular flexibility index (Phi) is 11.1. The number of hydrogen-bond donors (Lipinski definition) is 1. The highest BCUT2D eigenvalue weighted by atomic mass is 32.2. The molecule has 2 fully saturated rings. The summed E-state index contributed by atoms with van der Waals surface area (Å²) in [6.45, 7) is 5.56. The molecule has 5 nitrogen and oxygen atoms in total. The van der Waals surface area contributed by atoms with Gasteiger partial charge in [0.15, 0.2) is 6.04 Å². The molecule has 3 heterocycles. The van der Waals surface area contributed by atoms with E-state index in [0.29, 0.717) is 41.4 Å². The summed E-state index contributed by atoms with van der Waals surface area (Å²) in [5.41, 5.74) is -0.135. The van der Waals surface area contributed by atoms with Crippen LogP contribution in [-0.4, -0.2) is 64.8 Å². The average Bonchev–Trinajstić information content (AvgIpc) is 3.10. The molecule has 0 spiro atoms. The average molecular weight is 715 g/mol. The number of amides is 1. The van der Waals surface area contributed by atoms with Gasteiger partial charge in [-0.1, -0.05) is 55.8 Å². The molecule has 1 aromatic heterocycles. The zero-order valence-corrected chi connectivity index (χ0v) is 28.6. The third-order valence-electron chi connectivity index (χ3n) is 9.64. The summed E-state index contributed by atoms with van der Waals surface area (Å²) >= 11 is 1.51. The van der Waals surface area contributed by atoms with Crippen molar-refractivity contribution in [1.82, 2.24) is 20.1 Å². The van der Waals surface area contributed by atoms with Crippen LogP contribution in [0.15, 0.2) is 77.7 Å². The van der Waals surface area contributed by atoms with Crippen molar-refractivity contribution in [3.63, 3.8) is 0 Å². The number of thioether (sulfide) groups is 1. The number of likely N-dealkylation sites (tertiary alicyclic amines) is 2. The lowest BCUT2D eigenvalue weighted by Crippen LogP contribution is -2.46. The maximum Gasteiger partial charge on any atom is 0.416 e. The monoisotopic (exact) mass is 714 g/mol. The number of piperidine rings is 2. The van der Waals surface area contributed by atoms with Gasteiger partial charge in [0.1, 0.15) is 0 Å². The van der Waals surface area contributed by atoms with Crippen molar-refractivity contribution in [1.29, 1.82) is 0 Å². The lowest BCUT2D eigenvalue weighted by molar-refractivity contribution is -0.155. The summed E-state index contributed by atoms with van der Waals surface area (Å²) in [6.07, 6.45) is -4.13. The van der Waals surface area contributed by atoms with Crippen molar-refractivity contribution in [2.45, 2.75) is 74.9 Å². The van der Waals surface area contributed by atoms with Gasteiger partial charge in [0.2, 0.25) is 0 Å². The molecule has 1 amide bonds. The Morgan fingerprint density at radius 2 is 1.62 bits per heavy atom.